The number of para-hydroxylation sites is 3. The molecule has 8 aliphatic carbocycles. The number of thiophene rings is 1. The Morgan fingerprint density at radius 1 is 0.431 bits per heavy atom. The molecule has 8 saturated carbocycles. The SMILES string of the molecule is c1ccc(-n2c3ccccc3c3c4sc5ccccc5c4c4c(c5ccccc5n4-c4cccc(-c5nc(C67CC8CC(CC(C8)C6)C7)nc(C67CC8CC(CC(C8)C6)C7)n5)c4)c32)cc1. The molecule has 8 bridgehead atoms. The van der Waals surface area contributed by atoms with E-state index in [0.717, 1.165) is 64.2 Å². The molecule has 65 heavy (non-hydrogen) atoms. The summed E-state index contributed by atoms with van der Waals surface area (Å²) in [6, 6.07) is 47.5. The lowest BCUT2D eigenvalue weighted by Crippen LogP contribution is -2.51. The fourth-order valence-electron chi connectivity index (χ4n) is 16.5. The lowest BCUT2D eigenvalue weighted by Gasteiger charge is -2.57. The normalized spacial score (nSPS) is 28.9. The van der Waals surface area contributed by atoms with E-state index in [1.807, 2.05) is 11.3 Å². The number of aromatic nitrogens is 5. The first-order valence-electron chi connectivity index (χ1n) is 24.8. The van der Waals surface area contributed by atoms with Crippen molar-refractivity contribution < 1.29 is 0 Å². The Morgan fingerprint density at radius 3 is 1.48 bits per heavy atom. The van der Waals surface area contributed by atoms with Crippen molar-refractivity contribution in [3.05, 3.63) is 139 Å². The summed E-state index contributed by atoms with van der Waals surface area (Å²) in [5.74, 6) is 8.20. The minimum atomic E-state index is 0.0993. The van der Waals surface area contributed by atoms with E-state index in [4.69, 9.17) is 15.0 Å². The number of rotatable bonds is 5. The van der Waals surface area contributed by atoms with Gasteiger partial charge in [-0.25, -0.2) is 15.0 Å². The summed E-state index contributed by atoms with van der Waals surface area (Å²) >= 11 is 1.94. The van der Waals surface area contributed by atoms with Gasteiger partial charge in [0.15, 0.2) is 5.82 Å². The van der Waals surface area contributed by atoms with Gasteiger partial charge in [0.2, 0.25) is 0 Å². The van der Waals surface area contributed by atoms with E-state index >= 15 is 0 Å². The minimum absolute atomic E-state index is 0.0993. The quantitative estimate of drug-likeness (QED) is 0.173. The van der Waals surface area contributed by atoms with Crippen molar-refractivity contribution in [3.8, 4) is 22.8 Å². The molecule has 0 radical (unpaired) electrons. The molecule has 0 spiro atoms. The summed E-state index contributed by atoms with van der Waals surface area (Å²) in [5.41, 5.74) is 8.63. The fourth-order valence-corrected chi connectivity index (χ4v) is 17.8. The van der Waals surface area contributed by atoms with Gasteiger partial charge in [-0.05, 0) is 155 Å². The lowest BCUT2D eigenvalue weighted by atomic mass is 9.49. The van der Waals surface area contributed by atoms with Gasteiger partial charge in [-0.2, -0.15) is 0 Å². The van der Waals surface area contributed by atoms with Crippen LogP contribution in [0, 0.1) is 35.5 Å². The highest BCUT2D eigenvalue weighted by molar-refractivity contribution is 7.27. The molecule has 8 aliphatic rings. The first-order valence-corrected chi connectivity index (χ1v) is 25.6. The van der Waals surface area contributed by atoms with Gasteiger partial charge < -0.3 is 9.13 Å². The van der Waals surface area contributed by atoms with Crippen LogP contribution in [0.5, 0.6) is 0 Å². The van der Waals surface area contributed by atoms with Crippen molar-refractivity contribution in [1.29, 1.82) is 0 Å². The van der Waals surface area contributed by atoms with E-state index in [2.05, 4.69) is 137 Å². The van der Waals surface area contributed by atoms with E-state index in [9.17, 15) is 0 Å². The maximum atomic E-state index is 5.80. The monoisotopic (exact) mass is 861 g/mol. The topological polar surface area (TPSA) is 48.5 Å². The average Bonchev–Trinajstić information content (AvgIpc) is 3.99. The summed E-state index contributed by atoms with van der Waals surface area (Å²) in [5, 5.41) is 7.84. The molecule has 18 rings (SSSR count). The third kappa shape index (κ3) is 5.02. The molecular formula is C59H51N5S. The zero-order valence-corrected chi connectivity index (χ0v) is 37.5. The van der Waals surface area contributed by atoms with E-state index in [1.165, 1.54) is 147 Å². The molecule has 0 saturated heterocycles. The minimum Gasteiger partial charge on any atom is -0.308 e. The number of hydrogen-bond donors (Lipinski definition) is 0. The van der Waals surface area contributed by atoms with E-state index in [0.29, 0.717) is 0 Å². The van der Waals surface area contributed by atoms with Gasteiger partial charge >= 0.3 is 0 Å². The lowest BCUT2D eigenvalue weighted by molar-refractivity contribution is -0.0155. The number of nitrogens with zero attached hydrogens (tertiary/aromatic N) is 5. The molecule has 0 N–H and O–H groups in total. The van der Waals surface area contributed by atoms with Crippen LogP contribution in [0.25, 0.3) is 86.5 Å². The van der Waals surface area contributed by atoms with Gasteiger partial charge in [-0.15, -0.1) is 11.3 Å². The van der Waals surface area contributed by atoms with Crippen LogP contribution in [-0.4, -0.2) is 24.1 Å². The van der Waals surface area contributed by atoms with Gasteiger partial charge in [-0.1, -0.05) is 84.9 Å². The zero-order valence-electron chi connectivity index (χ0n) is 36.7. The molecule has 4 aromatic heterocycles. The van der Waals surface area contributed by atoms with Crippen molar-refractivity contribution >= 4 is 75.1 Å². The molecule has 0 unspecified atom stereocenters. The summed E-state index contributed by atoms with van der Waals surface area (Å²) in [4.78, 5) is 17.3. The average molecular weight is 862 g/mol. The summed E-state index contributed by atoms with van der Waals surface area (Å²) < 4.78 is 7.78. The van der Waals surface area contributed by atoms with E-state index < -0.39 is 0 Å². The van der Waals surface area contributed by atoms with Crippen molar-refractivity contribution in [2.75, 3.05) is 0 Å². The highest BCUT2D eigenvalue weighted by Crippen LogP contribution is 2.63. The van der Waals surface area contributed by atoms with E-state index in [1.54, 1.807) is 0 Å². The van der Waals surface area contributed by atoms with Gasteiger partial charge in [-0.3, -0.25) is 0 Å². The second kappa shape index (κ2) is 12.9. The summed E-state index contributed by atoms with van der Waals surface area (Å²) in [7, 11) is 0. The molecule has 6 heteroatoms. The Balaban J connectivity index is 0.978. The van der Waals surface area contributed by atoms with Crippen LogP contribution < -0.4 is 0 Å². The molecule has 8 fully saturated rings. The Bertz CT molecular complexity index is 3510. The van der Waals surface area contributed by atoms with Crippen LogP contribution in [0.2, 0.25) is 0 Å². The van der Waals surface area contributed by atoms with Crippen LogP contribution in [0.3, 0.4) is 0 Å². The van der Waals surface area contributed by atoms with Crippen LogP contribution in [0.1, 0.15) is 88.7 Å². The molecule has 6 aromatic carbocycles. The fraction of sp³-hybridized carbons (Fsp3) is 0.339. The molecule has 0 aliphatic heterocycles. The predicted octanol–water partition coefficient (Wildman–Crippen LogP) is 15.0. The van der Waals surface area contributed by atoms with Crippen LogP contribution in [0.15, 0.2) is 127 Å². The molecule has 0 amide bonds. The second-order valence-electron chi connectivity index (χ2n) is 22.0. The highest BCUT2D eigenvalue weighted by atomic mass is 32.1. The Morgan fingerprint density at radius 2 is 0.892 bits per heavy atom. The van der Waals surface area contributed by atoms with E-state index in [-0.39, 0.29) is 10.8 Å². The number of benzene rings is 6. The first-order chi connectivity index (χ1) is 32.0. The van der Waals surface area contributed by atoms with Gasteiger partial charge in [0.05, 0.1) is 22.1 Å². The second-order valence-corrected chi connectivity index (χ2v) is 23.1. The third-order valence-corrected chi connectivity index (χ3v) is 19.3. The molecule has 318 valence electrons. The van der Waals surface area contributed by atoms with Crippen LogP contribution in [-0.2, 0) is 10.8 Å². The highest BCUT2D eigenvalue weighted by Gasteiger charge is 2.56. The smallest absolute Gasteiger partial charge is 0.163 e. The maximum absolute atomic E-state index is 5.80. The number of fused-ring (bicyclic) bond motifs is 12. The summed E-state index contributed by atoms with van der Waals surface area (Å²) in [6.45, 7) is 0. The van der Waals surface area contributed by atoms with Crippen molar-refractivity contribution in [3.63, 3.8) is 0 Å². The van der Waals surface area contributed by atoms with Crippen LogP contribution in [0.4, 0.5) is 0 Å². The maximum Gasteiger partial charge on any atom is 0.163 e. The molecule has 5 nitrogen and oxygen atoms in total. The van der Waals surface area contributed by atoms with Gasteiger partial charge in [0.1, 0.15) is 11.6 Å². The standard InChI is InChI=1S/C59H51N5S/c1-2-12-41(13-3-1)63-47-19-8-5-16-44(47)50-52(63)49-43-15-4-7-18-46(43)64(53(49)51-45-17-6-9-20-48(45)65-54(50)51)42-14-10-11-40(27-42)55-60-56(58-28-34-21-35(29-58)23-36(22-34)30-58)62-57(61-55)59-31-37-24-38(32-59)26-39(25-37)33-59/h1-20,27,34-39H,21-26,28-33H2. The van der Waals surface area contributed by atoms with Gasteiger partial charge in [0.25, 0.3) is 0 Å². The number of hydrogen-bond acceptors (Lipinski definition) is 4. The first kappa shape index (κ1) is 36.4. The molecule has 4 heterocycles. The zero-order chi connectivity index (χ0) is 42.2. The Labute approximate surface area is 382 Å². The van der Waals surface area contributed by atoms with Crippen molar-refractivity contribution in [2.45, 2.75) is 87.9 Å². The predicted molar refractivity (Wildman–Crippen MR) is 267 cm³/mol. The largest absolute Gasteiger partial charge is 0.308 e. The molecule has 10 aromatic rings. The van der Waals surface area contributed by atoms with Gasteiger partial charge in [0, 0.05) is 69.5 Å². The Hall–Kier alpha value is -5.85. The van der Waals surface area contributed by atoms with Crippen molar-refractivity contribution in [2.24, 2.45) is 35.5 Å². The Kier molecular flexibility index (Phi) is 7.24. The molecular weight excluding hydrogens is 811 g/mol. The van der Waals surface area contributed by atoms with Crippen molar-refractivity contribution in [1.82, 2.24) is 24.1 Å². The summed E-state index contributed by atoms with van der Waals surface area (Å²) in [6.07, 6.45) is 16.1. The third-order valence-electron chi connectivity index (χ3n) is 18.1. The van der Waals surface area contributed by atoms with Crippen LogP contribution >= 0.6 is 11.3 Å². The molecule has 0 atom stereocenters.